The second-order valence-corrected chi connectivity index (χ2v) is 4.85. The van der Waals surface area contributed by atoms with Crippen LogP contribution in [0.3, 0.4) is 0 Å². The number of carbonyl (C=O) groups excluding carboxylic acids is 1. The number of benzene rings is 2. The van der Waals surface area contributed by atoms with Crippen LogP contribution in [0.5, 0.6) is 0 Å². The van der Waals surface area contributed by atoms with E-state index in [0.29, 0.717) is 6.42 Å². The second kappa shape index (κ2) is 5.36. The minimum Gasteiger partial charge on any atom is -0.295 e. The van der Waals surface area contributed by atoms with E-state index in [4.69, 9.17) is 0 Å². The predicted octanol–water partition coefficient (Wildman–Crippen LogP) is 2.93. The third-order valence-electron chi connectivity index (χ3n) is 3.45. The lowest BCUT2D eigenvalue weighted by molar-refractivity contribution is 0.248. The molecule has 0 aromatic heterocycles. The van der Waals surface area contributed by atoms with Crippen LogP contribution in [0, 0.1) is 5.82 Å². The maximum absolute atomic E-state index is 13.0. The van der Waals surface area contributed by atoms with Gasteiger partial charge in [0.15, 0.2) is 0 Å². The summed E-state index contributed by atoms with van der Waals surface area (Å²) in [7, 11) is 1.70. The summed E-state index contributed by atoms with van der Waals surface area (Å²) >= 11 is 0. The van der Waals surface area contributed by atoms with Gasteiger partial charge in [-0.1, -0.05) is 30.3 Å². The van der Waals surface area contributed by atoms with Crippen molar-refractivity contribution in [2.45, 2.75) is 6.42 Å². The van der Waals surface area contributed by atoms with Crippen LogP contribution in [0.2, 0.25) is 0 Å². The number of carbonyl (C=O) groups is 1. The highest BCUT2D eigenvalue weighted by Gasteiger charge is 2.20. The summed E-state index contributed by atoms with van der Waals surface area (Å²) in [5, 5.41) is 4.20. The number of hydrogen-bond acceptors (Lipinski definition) is 2. The summed E-state index contributed by atoms with van der Waals surface area (Å²) in [6.07, 6.45) is 0.519. The molecule has 0 spiro atoms. The Kier molecular flexibility index (Phi) is 3.39. The van der Waals surface area contributed by atoms with Gasteiger partial charge in [0.05, 0.1) is 11.4 Å². The van der Waals surface area contributed by atoms with Crippen molar-refractivity contribution >= 4 is 17.4 Å². The number of nitrogens with zero attached hydrogens (tertiary/aromatic N) is 2. The number of anilines is 1. The lowest BCUT2D eigenvalue weighted by Gasteiger charge is -2.16. The molecule has 0 saturated heterocycles. The van der Waals surface area contributed by atoms with E-state index in [2.05, 4.69) is 10.5 Å². The first-order valence-electron chi connectivity index (χ1n) is 6.59. The van der Waals surface area contributed by atoms with Gasteiger partial charge in [-0.05, 0) is 23.8 Å². The average Bonchev–Trinajstić information content (AvgIpc) is 2.62. The fraction of sp³-hybridized carbons (Fsp3) is 0.125. The van der Waals surface area contributed by atoms with E-state index < -0.39 is 0 Å². The van der Waals surface area contributed by atoms with E-state index in [1.807, 2.05) is 24.3 Å². The smallest absolute Gasteiger partial charge is 0.295 e. The molecule has 2 amide bonds. The van der Waals surface area contributed by atoms with E-state index in [0.717, 1.165) is 22.5 Å². The normalized spacial score (nSPS) is 14.1. The number of hydrazone groups is 1. The zero-order valence-corrected chi connectivity index (χ0v) is 11.5. The SMILES string of the molecule is CN1C(=O)NN=C(Cc2ccc(F)cc2)c2ccccc21. The molecule has 5 heteroatoms. The average molecular weight is 283 g/mol. The number of fused-ring (bicyclic) bond motifs is 1. The lowest BCUT2D eigenvalue weighted by atomic mass is 10.0. The van der Waals surface area contributed by atoms with Crippen molar-refractivity contribution in [3.05, 3.63) is 65.5 Å². The first-order valence-corrected chi connectivity index (χ1v) is 6.59. The third kappa shape index (κ3) is 2.63. The Morgan fingerprint density at radius 2 is 1.86 bits per heavy atom. The highest BCUT2D eigenvalue weighted by atomic mass is 19.1. The Morgan fingerprint density at radius 1 is 1.14 bits per heavy atom. The molecule has 0 fully saturated rings. The number of para-hydroxylation sites is 1. The minimum absolute atomic E-state index is 0.269. The van der Waals surface area contributed by atoms with Crippen LogP contribution < -0.4 is 10.3 Å². The van der Waals surface area contributed by atoms with Gasteiger partial charge in [0, 0.05) is 19.0 Å². The number of halogens is 1. The minimum atomic E-state index is -0.281. The molecule has 1 aliphatic heterocycles. The van der Waals surface area contributed by atoms with Crippen LogP contribution in [0.15, 0.2) is 53.6 Å². The van der Waals surface area contributed by atoms with Gasteiger partial charge in [-0.2, -0.15) is 5.10 Å². The second-order valence-electron chi connectivity index (χ2n) is 4.85. The lowest BCUT2D eigenvalue weighted by Crippen LogP contribution is -2.33. The van der Waals surface area contributed by atoms with Gasteiger partial charge < -0.3 is 0 Å². The van der Waals surface area contributed by atoms with Gasteiger partial charge in [-0.25, -0.2) is 14.6 Å². The topological polar surface area (TPSA) is 44.7 Å². The Hall–Kier alpha value is -2.69. The van der Waals surface area contributed by atoms with Crippen molar-refractivity contribution in [3.63, 3.8) is 0 Å². The fourth-order valence-electron chi connectivity index (χ4n) is 2.30. The Bertz CT molecular complexity index is 710. The molecular formula is C16H14FN3O. The van der Waals surface area contributed by atoms with Crippen molar-refractivity contribution in [2.24, 2.45) is 5.10 Å². The molecule has 0 atom stereocenters. The Balaban J connectivity index is 1.99. The standard InChI is InChI=1S/C16H14FN3O/c1-20-15-5-3-2-4-13(15)14(18-19-16(20)21)10-11-6-8-12(17)9-7-11/h2-9H,10H2,1H3,(H,19,21). The van der Waals surface area contributed by atoms with Gasteiger partial charge >= 0.3 is 6.03 Å². The molecule has 21 heavy (non-hydrogen) atoms. The van der Waals surface area contributed by atoms with Gasteiger partial charge in [-0.3, -0.25) is 4.90 Å². The highest BCUT2D eigenvalue weighted by molar-refractivity contribution is 6.11. The molecule has 0 bridgehead atoms. The maximum Gasteiger partial charge on any atom is 0.342 e. The van der Waals surface area contributed by atoms with E-state index >= 15 is 0 Å². The van der Waals surface area contributed by atoms with Crippen molar-refractivity contribution in [1.82, 2.24) is 5.43 Å². The Morgan fingerprint density at radius 3 is 2.62 bits per heavy atom. The van der Waals surface area contributed by atoms with Crippen molar-refractivity contribution in [2.75, 3.05) is 11.9 Å². The van der Waals surface area contributed by atoms with Crippen LogP contribution in [-0.2, 0) is 6.42 Å². The quantitative estimate of drug-likeness (QED) is 0.905. The van der Waals surface area contributed by atoms with Crippen LogP contribution >= 0.6 is 0 Å². The van der Waals surface area contributed by atoms with Crippen molar-refractivity contribution in [3.8, 4) is 0 Å². The number of amides is 2. The number of urea groups is 1. The van der Waals surface area contributed by atoms with Gasteiger partial charge in [0.1, 0.15) is 5.82 Å². The van der Waals surface area contributed by atoms with Crippen molar-refractivity contribution < 1.29 is 9.18 Å². The molecule has 2 aromatic carbocycles. The molecule has 3 rings (SSSR count). The summed E-state index contributed by atoms with van der Waals surface area (Å²) in [5.74, 6) is -0.269. The number of nitrogens with one attached hydrogen (secondary N) is 1. The molecule has 1 N–H and O–H groups in total. The van der Waals surface area contributed by atoms with Gasteiger partial charge in [0.25, 0.3) is 0 Å². The predicted molar refractivity (Wildman–Crippen MR) is 80.0 cm³/mol. The summed E-state index contributed by atoms with van der Waals surface area (Å²) in [4.78, 5) is 13.4. The maximum atomic E-state index is 13.0. The van der Waals surface area contributed by atoms with Gasteiger partial charge in [0.2, 0.25) is 0 Å². The summed E-state index contributed by atoms with van der Waals surface area (Å²) in [6.45, 7) is 0. The molecule has 0 aliphatic carbocycles. The van der Waals surface area contributed by atoms with E-state index in [1.165, 1.54) is 17.0 Å². The van der Waals surface area contributed by atoms with Crippen LogP contribution in [0.4, 0.5) is 14.9 Å². The first-order chi connectivity index (χ1) is 10.1. The van der Waals surface area contributed by atoms with Crippen molar-refractivity contribution in [1.29, 1.82) is 0 Å². The number of rotatable bonds is 2. The largest absolute Gasteiger partial charge is 0.342 e. The molecule has 0 saturated carbocycles. The van der Waals surface area contributed by atoms with E-state index in [1.54, 1.807) is 19.2 Å². The monoisotopic (exact) mass is 283 g/mol. The molecule has 2 aromatic rings. The molecular weight excluding hydrogens is 269 g/mol. The molecule has 4 nitrogen and oxygen atoms in total. The number of hydrogen-bond donors (Lipinski definition) is 1. The molecule has 106 valence electrons. The highest BCUT2D eigenvalue weighted by Crippen LogP contribution is 2.23. The van der Waals surface area contributed by atoms with E-state index in [9.17, 15) is 9.18 Å². The zero-order chi connectivity index (χ0) is 14.8. The Labute approximate surface area is 121 Å². The van der Waals surface area contributed by atoms with Crippen LogP contribution in [0.25, 0.3) is 0 Å². The fourth-order valence-corrected chi connectivity index (χ4v) is 2.30. The third-order valence-corrected chi connectivity index (χ3v) is 3.45. The van der Waals surface area contributed by atoms with Crippen LogP contribution in [-0.4, -0.2) is 18.8 Å². The molecule has 0 radical (unpaired) electrons. The summed E-state index contributed by atoms with van der Waals surface area (Å²) < 4.78 is 13.0. The summed E-state index contributed by atoms with van der Waals surface area (Å²) in [5.41, 5.74) is 5.89. The molecule has 0 unspecified atom stereocenters. The molecule has 1 heterocycles. The first kappa shape index (κ1) is 13.3. The summed E-state index contributed by atoms with van der Waals surface area (Å²) in [6, 6.07) is 13.6. The van der Waals surface area contributed by atoms with Crippen LogP contribution in [0.1, 0.15) is 11.1 Å². The zero-order valence-electron chi connectivity index (χ0n) is 11.5. The van der Waals surface area contributed by atoms with E-state index in [-0.39, 0.29) is 11.8 Å². The molecule has 1 aliphatic rings. The van der Waals surface area contributed by atoms with Gasteiger partial charge in [-0.15, -0.1) is 0 Å².